The predicted molar refractivity (Wildman–Crippen MR) is 140 cm³/mol. The Balaban J connectivity index is 1.21. The molecule has 0 saturated carbocycles. The Labute approximate surface area is 220 Å². The van der Waals surface area contributed by atoms with Gasteiger partial charge in [-0.3, -0.25) is 4.79 Å². The Bertz CT molecular complexity index is 1180. The first-order valence-electron chi connectivity index (χ1n) is 12.5. The number of aromatic nitrogens is 6. The van der Waals surface area contributed by atoms with Crippen molar-refractivity contribution in [2.75, 3.05) is 29.6 Å². The number of aryl methyl sites for hydroxylation is 1. The second kappa shape index (κ2) is 13.3. The van der Waals surface area contributed by atoms with Gasteiger partial charge in [0.25, 0.3) is 0 Å². The van der Waals surface area contributed by atoms with Crippen LogP contribution < -0.4 is 26.3 Å². The number of hydrazine groups is 1. The van der Waals surface area contributed by atoms with Crippen molar-refractivity contribution in [3.05, 3.63) is 48.2 Å². The van der Waals surface area contributed by atoms with Crippen LogP contribution in [0.5, 0.6) is 5.75 Å². The maximum absolute atomic E-state index is 11.5. The van der Waals surface area contributed by atoms with Crippen molar-refractivity contribution in [3.63, 3.8) is 0 Å². The van der Waals surface area contributed by atoms with E-state index in [-0.39, 0.29) is 18.6 Å². The molecule has 1 fully saturated rings. The lowest BCUT2D eigenvalue weighted by Gasteiger charge is -2.31. The van der Waals surface area contributed by atoms with Crippen molar-refractivity contribution < 1.29 is 14.3 Å². The molecule has 4 N–H and O–H groups in total. The predicted octanol–water partition coefficient (Wildman–Crippen LogP) is 1.35. The molecule has 0 atom stereocenters. The second-order valence-corrected chi connectivity index (χ2v) is 8.74. The van der Waals surface area contributed by atoms with Gasteiger partial charge in [-0.15, -0.1) is 0 Å². The van der Waals surface area contributed by atoms with Gasteiger partial charge in [0.1, 0.15) is 30.2 Å². The highest BCUT2D eigenvalue weighted by molar-refractivity contribution is 5.75. The number of piperidine rings is 1. The molecule has 1 aliphatic heterocycles. The molecule has 1 saturated heterocycles. The first-order chi connectivity index (χ1) is 18.6. The number of hydrogen-bond acceptors (Lipinski definition) is 12. The maximum atomic E-state index is 11.5. The number of esters is 1. The standard InChI is InChI=1S/C24H33N11O3/c1-2-37-23(36)5-3-4-18-12-28-24(29-13-18)33-10-8-20(9-11-33)35-31-14-19(32-35)16-38-21-6-7-22(27-15-21)34(26)17-30-25/h6-7,12-15,17,20H,2-5,8-11,16,25-26H2,1H3/b30-17-. The van der Waals surface area contributed by atoms with Crippen LogP contribution in [0.1, 0.15) is 49.9 Å². The van der Waals surface area contributed by atoms with Crippen molar-refractivity contribution in [2.45, 2.75) is 51.7 Å². The molecule has 3 aromatic rings. The van der Waals surface area contributed by atoms with E-state index in [0.29, 0.717) is 30.5 Å². The van der Waals surface area contributed by atoms with Gasteiger partial charge in [-0.2, -0.15) is 20.1 Å². The highest BCUT2D eigenvalue weighted by Gasteiger charge is 2.23. The number of nitrogens with zero attached hydrogens (tertiary/aromatic N) is 9. The minimum absolute atomic E-state index is 0.166. The van der Waals surface area contributed by atoms with Crippen LogP contribution in [0.15, 0.2) is 42.0 Å². The van der Waals surface area contributed by atoms with E-state index in [9.17, 15) is 4.79 Å². The zero-order chi connectivity index (χ0) is 26.7. The van der Waals surface area contributed by atoms with E-state index in [1.165, 1.54) is 11.3 Å². The molecule has 1 aliphatic rings. The summed E-state index contributed by atoms with van der Waals surface area (Å²) in [5.74, 6) is 12.4. The number of ether oxygens (including phenoxy) is 2. The van der Waals surface area contributed by atoms with Crippen molar-refractivity contribution in [3.8, 4) is 5.75 Å². The summed E-state index contributed by atoms with van der Waals surface area (Å²) in [6, 6.07) is 3.65. The molecule has 0 spiro atoms. The molecule has 0 radical (unpaired) electrons. The summed E-state index contributed by atoms with van der Waals surface area (Å²) in [5.41, 5.74) is 1.74. The number of hydrogen-bond donors (Lipinski definition) is 2. The lowest BCUT2D eigenvalue weighted by molar-refractivity contribution is -0.143. The summed E-state index contributed by atoms with van der Waals surface area (Å²) >= 11 is 0. The van der Waals surface area contributed by atoms with Gasteiger partial charge in [-0.1, -0.05) is 0 Å². The molecule has 4 heterocycles. The number of carbonyl (C=O) groups excluding carboxylic acids is 1. The molecule has 0 aromatic carbocycles. The fourth-order valence-electron chi connectivity index (χ4n) is 4.06. The molecule has 38 heavy (non-hydrogen) atoms. The molecule has 14 nitrogen and oxygen atoms in total. The number of pyridine rings is 1. The molecule has 4 rings (SSSR count). The van der Waals surface area contributed by atoms with E-state index >= 15 is 0 Å². The van der Waals surface area contributed by atoms with Crippen molar-refractivity contribution in [2.24, 2.45) is 16.8 Å². The summed E-state index contributed by atoms with van der Waals surface area (Å²) in [6.45, 7) is 4.12. The van der Waals surface area contributed by atoms with Crippen LogP contribution >= 0.6 is 0 Å². The fourth-order valence-corrected chi connectivity index (χ4v) is 4.06. The minimum Gasteiger partial charge on any atom is -0.486 e. The third-order valence-corrected chi connectivity index (χ3v) is 6.04. The van der Waals surface area contributed by atoms with E-state index in [0.717, 1.165) is 50.0 Å². The average molecular weight is 524 g/mol. The van der Waals surface area contributed by atoms with Gasteiger partial charge >= 0.3 is 5.97 Å². The van der Waals surface area contributed by atoms with Gasteiger partial charge in [0.15, 0.2) is 0 Å². The van der Waals surface area contributed by atoms with Crippen LogP contribution in [-0.2, 0) is 22.6 Å². The number of anilines is 2. The monoisotopic (exact) mass is 523 g/mol. The molecule has 202 valence electrons. The smallest absolute Gasteiger partial charge is 0.305 e. The molecule has 0 aliphatic carbocycles. The summed E-state index contributed by atoms with van der Waals surface area (Å²) in [4.78, 5) is 28.7. The topological polar surface area (TPSA) is 176 Å². The molecule has 0 bridgehead atoms. The maximum Gasteiger partial charge on any atom is 0.305 e. The summed E-state index contributed by atoms with van der Waals surface area (Å²) < 4.78 is 10.7. The zero-order valence-electron chi connectivity index (χ0n) is 21.4. The van der Waals surface area contributed by atoms with Crippen molar-refractivity contribution in [1.82, 2.24) is 29.9 Å². The van der Waals surface area contributed by atoms with Gasteiger partial charge in [-0.25, -0.2) is 25.8 Å². The Hall–Kier alpha value is -4.33. The molecule has 3 aromatic heterocycles. The Kier molecular flexibility index (Phi) is 9.34. The quantitative estimate of drug-likeness (QED) is 0.115. The molecule has 0 unspecified atom stereocenters. The van der Waals surface area contributed by atoms with Gasteiger partial charge in [0, 0.05) is 31.9 Å². The van der Waals surface area contributed by atoms with Crippen LogP contribution in [0.2, 0.25) is 0 Å². The molecular formula is C24H33N11O3. The lowest BCUT2D eigenvalue weighted by Crippen LogP contribution is -2.36. The van der Waals surface area contributed by atoms with Crippen LogP contribution in [-0.4, -0.2) is 62.0 Å². The van der Waals surface area contributed by atoms with E-state index < -0.39 is 0 Å². The molecule has 0 amide bonds. The average Bonchev–Trinajstić information content (AvgIpc) is 3.42. The van der Waals surface area contributed by atoms with Gasteiger partial charge in [-0.05, 0) is 50.3 Å². The summed E-state index contributed by atoms with van der Waals surface area (Å²) in [5, 5.41) is 13.6. The van der Waals surface area contributed by atoms with E-state index in [4.69, 9.17) is 21.2 Å². The number of nitrogens with two attached hydrogens (primary N) is 2. The van der Waals surface area contributed by atoms with Crippen molar-refractivity contribution in [1.29, 1.82) is 0 Å². The Morgan fingerprint density at radius 3 is 2.66 bits per heavy atom. The molecular weight excluding hydrogens is 490 g/mol. The number of hydrazone groups is 1. The Morgan fingerprint density at radius 2 is 1.97 bits per heavy atom. The Morgan fingerprint density at radius 1 is 1.18 bits per heavy atom. The summed E-state index contributed by atoms with van der Waals surface area (Å²) in [7, 11) is 0. The van der Waals surface area contributed by atoms with Crippen LogP contribution in [0.4, 0.5) is 11.8 Å². The highest BCUT2D eigenvalue weighted by atomic mass is 16.5. The third-order valence-electron chi connectivity index (χ3n) is 6.04. The zero-order valence-corrected chi connectivity index (χ0v) is 21.4. The normalized spacial score (nSPS) is 14.1. The SMILES string of the molecule is CCOC(=O)CCCc1cnc(N2CCC(n3ncc(COc4ccc(N(N)/C=N\N)nc4)n3)CC2)nc1. The van der Waals surface area contributed by atoms with Gasteiger partial charge < -0.3 is 20.2 Å². The van der Waals surface area contributed by atoms with Crippen molar-refractivity contribution >= 4 is 24.1 Å². The van der Waals surface area contributed by atoms with Crippen LogP contribution in [0.3, 0.4) is 0 Å². The number of rotatable bonds is 12. The van der Waals surface area contributed by atoms with Gasteiger partial charge in [0.2, 0.25) is 5.95 Å². The van der Waals surface area contributed by atoms with E-state index in [2.05, 4.69) is 35.2 Å². The largest absolute Gasteiger partial charge is 0.486 e. The van der Waals surface area contributed by atoms with Crippen LogP contribution in [0, 0.1) is 0 Å². The summed E-state index contributed by atoms with van der Waals surface area (Å²) in [6.07, 6.45) is 11.9. The second-order valence-electron chi connectivity index (χ2n) is 8.74. The van der Waals surface area contributed by atoms with E-state index in [1.54, 1.807) is 29.3 Å². The number of carbonyl (C=O) groups is 1. The first-order valence-corrected chi connectivity index (χ1v) is 12.5. The van der Waals surface area contributed by atoms with E-state index in [1.807, 2.05) is 19.3 Å². The fraction of sp³-hybridized carbons (Fsp3) is 0.458. The molecule has 14 heteroatoms. The van der Waals surface area contributed by atoms with Gasteiger partial charge in [0.05, 0.1) is 25.0 Å². The van der Waals surface area contributed by atoms with Crippen LogP contribution in [0.25, 0.3) is 0 Å². The highest BCUT2D eigenvalue weighted by Crippen LogP contribution is 2.24. The first kappa shape index (κ1) is 26.7. The lowest BCUT2D eigenvalue weighted by atomic mass is 10.1. The minimum atomic E-state index is -0.166. The third kappa shape index (κ3) is 7.35.